The van der Waals surface area contributed by atoms with Gasteiger partial charge in [0.1, 0.15) is 0 Å². The molecule has 1 fully saturated rings. The summed E-state index contributed by atoms with van der Waals surface area (Å²) in [5.41, 5.74) is 3.94. The summed E-state index contributed by atoms with van der Waals surface area (Å²) in [5, 5.41) is 3.70. The predicted octanol–water partition coefficient (Wildman–Crippen LogP) is 3.58. The average Bonchev–Trinajstić information content (AvgIpc) is 3.11. The van der Waals surface area contributed by atoms with Gasteiger partial charge in [0.25, 0.3) is 5.91 Å². The number of sulfonamides is 1. The van der Waals surface area contributed by atoms with Crippen LogP contribution < -0.4 is 14.9 Å². The van der Waals surface area contributed by atoms with E-state index >= 15 is 0 Å². The standard InChI is InChI=1S/C21H26ClN3O3S/c1-14-4-6-17(10-19(14)24-29(3,27)28)21(26)23-12-16-8-9-25(13-16)20-11-18(22)7-5-15(20)2/h4-7,10-11,16,24H,8-9,12-13H2,1-3H3,(H,23,26)/t16-/m1/s1. The lowest BCUT2D eigenvalue weighted by Gasteiger charge is -2.21. The highest BCUT2D eigenvalue weighted by atomic mass is 35.5. The van der Waals surface area contributed by atoms with Gasteiger partial charge in [0.2, 0.25) is 10.0 Å². The molecule has 1 amide bonds. The number of carbonyl (C=O) groups excluding carboxylic acids is 1. The molecule has 1 aliphatic rings. The first-order valence-corrected chi connectivity index (χ1v) is 11.8. The number of hydrogen-bond donors (Lipinski definition) is 2. The lowest BCUT2D eigenvalue weighted by molar-refractivity contribution is 0.0948. The minimum Gasteiger partial charge on any atom is -0.371 e. The molecule has 0 radical (unpaired) electrons. The van der Waals surface area contributed by atoms with Gasteiger partial charge in [-0.2, -0.15) is 0 Å². The Morgan fingerprint density at radius 2 is 1.90 bits per heavy atom. The molecule has 0 bridgehead atoms. The second kappa shape index (κ2) is 8.63. The van der Waals surface area contributed by atoms with Crippen LogP contribution in [0.25, 0.3) is 0 Å². The van der Waals surface area contributed by atoms with Crippen molar-refractivity contribution in [2.24, 2.45) is 5.92 Å². The van der Waals surface area contributed by atoms with Gasteiger partial charge in [0, 0.05) is 35.9 Å². The van der Waals surface area contributed by atoms with Crippen LogP contribution in [0.3, 0.4) is 0 Å². The van der Waals surface area contributed by atoms with Crippen LogP contribution in [-0.2, 0) is 10.0 Å². The first-order valence-electron chi connectivity index (χ1n) is 9.50. The van der Waals surface area contributed by atoms with Gasteiger partial charge in [-0.1, -0.05) is 23.7 Å². The zero-order chi connectivity index (χ0) is 21.2. The summed E-state index contributed by atoms with van der Waals surface area (Å²) in [5.74, 6) is 0.135. The van der Waals surface area contributed by atoms with Gasteiger partial charge in [-0.05, 0) is 61.6 Å². The van der Waals surface area contributed by atoms with Crippen LogP contribution in [0.5, 0.6) is 0 Å². The van der Waals surface area contributed by atoms with Gasteiger partial charge in [-0.3, -0.25) is 9.52 Å². The van der Waals surface area contributed by atoms with Crippen LogP contribution >= 0.6 is 11.6 Å². The molecule has 8 heteroatoms. The first-order chi connectivity index (χ1) is 13.6. The topological polar surface area (TPSA) is 78.5 Å². The van der Waals surface area contributed by atoms with Crippen molar-refractivity contribution in [2.45, 2.75) is 20.3 Å². The Labute approximate surface area is 177 Å². The zero-order valence-electron chi connectivity index (χ0n) is 16.8. The van der Waals surface area contributed by atoms with Gasteiger partial charge in [-0.15, -0.1) is 0 Å². The highest BCUT2D eigenvalue weighted by Crippen LogP contribution is 2.29. The monoisotopic (exact) mass is 435 g/mol. The Balaban J connectivity index is 1.60. The van der Waals surface area contributed by atoms with Gasteiger partial charge in [0.05, 0.1) is 11.9 Å². The summed E-state index contributed by atoms with van der Waals surface area (Å²) >= 11 is 6.14. The number of nitrogens with one attached hydrogen (secondary N) is 2. The average molecular weight is 436 g/mol. The maximum Gasteiger partial charge on any atom is 0.251 e. The van der Waals surface area contributed by atoms with Crippen LogP contribution in [0.1, 0.15) is 27.9 Å². The van der Waals surface area contributed by atoms with Gasteiger partial charge < -0.3 is 10.2 Å². The largest absolute Gasteiger partial charge is 0.371 e. The van der Waals surface area contributed by atoms with E-state index in [9.17, 15) is 13.2 Å². The fourth-order valence-corrected chi connectivity index (χ4v) is 4.34. The van der Waals surface area contributed by atoms with E-state index in [1.807, 2.05) is 18.2 Å². The van der Waals surface area contributed by atoms with Crippen molar-refractivity contribution in [3.63, 3.8) is 0 Å². The number of anilines is 2. The van der Waals surface area contributed by atoms with Crippen LogP contribution in [-0.4, -0.2) is 40.2 Å². The second-order valence-electron chi connectivity index (χ2n) is 7.65. The molecule has 156 valence electrons. The molecule has 1 aliphatic heterocycles. The minimum atomic E-state index is -3.40. The highest BCUT2D eigenvalue weighted by molar-refractivity contribution is 7.92. The first kappa shape index (κ1) is 21.5. The number of carbonyl (C=O) groups is 1. The smallest absolute Gasteiger partial charge is 0.251 e. The number of aryl methyl sites for hydroxylation is 2. The lowest BCUT2D eigenvalue weighted by Crippen LogP contribution is -2.31. The second-order valence-corrected chi connectivity index (χ2v) is 9.83. The van der Waals surface area contributed by atoms with E-state index in [1.54, 1.807) is 25.1 Å². The van der Waals surface area contributed by atoms with Crippen molar-refractivity contribution in [3.8, 4) is 0 Å². The van der Waals surface area contributed by atoms with Crippen molar-refractivity contribution < 1.29 is 13.2 Å². The molecule has 3 rings (SSSR count). The summed E-state index contributed by atoms with van der Waals surface area (Å²) in [6.07, 6.45) is 2.08. The summed E-state index contributed by atoms with van der Waals surface area (Å²) in [6, 6.07) is 10.9. The summed E-state index contributed by atoms with van der Waals surface area (Å²) in [6.45, 7) is 6.21. The third-order valence-corrected chi connectivity index (χ3v) is 5.97. The van der Waals surface area contributed by atoms with E-state index in [1.165, 1.54) is 5.56 Å². The molecule has 6 nitrogen and oxygen atoms in total. The summed E-state index contributed by atoms with van der Waals surface area (Å²) in [7, 11) is -3.40. The Hall–Kier alpha value is -2.25. The Morgan fingerprint density at radius 1 is 1.17 bits per heavy atom. The molecule has 2 N–H and O–H groups in total. The molecule has 2 aromatic rings. The van der Waals surface area contributed by atoms with Crippen molar-refractivity contribution in [1.82, 2.24) is 5.32 Å². The number of benzene rings is 2. The number of hydrogen-bond acceptors (Lipinski definition) is 4. The molecule has 29 heavy (non-hydrogen) atoms. The third-order valence-electron chi connectivity index (χ3n) is 5.14. The van der Waals surface area contributed by atoms with Gasteiger partial charge in [0.15, 0.2) is 0 Å². The molecule has 0 saturated carbocycles. The van der Waals surface area contributed by atoms with Crippen LogP contribution in [0, 0.1) is 19.8 Å². The molecule has 0 aromatic heterocycles. The number of amides is 1. The number of halogens is 1. The van der Waals surface area contributed by atoms with E-state index in [0.29, 0.717) is 23.7 Å². The molecule has 0 spiro atoms. The summed E-state index contributed by atoms with van der Waals surface area (Å²) < 4.78 is 25.5. The molecule has 0 aliphatic carbocycles. The van der Waals surface area contributed by atoms with Crippen molar-refractivity contribution >= 4 is 38.9 Å². The maximum atomic E-state index is 12.6. The molecule has 2 aromatic carbocycles. The van der Waals surface area contributed by atoms with E-state index in [2.05, 4.69) is 21.9 Å². The highest BCUT2D eigenvalue weighted by Gasteiger charge is 2.24. The van der Waals surface area contributed by atoms with Crippen molar-refractivity contribution in [3.05, 3.63) is 58.1 Å². The van der Waals surface area contributed by atoms with Crippen LogP contribution in [0.15, 0.2) is 36.4 Å². The molecule has 1 heterocycles. The van der Waals surface area contributed by atoms with Gasteiger partial charge >= 0.3 is 0 Å². The van der Waals surface area contributed by atoms with E-state index < -0.39 is 10.0 Å². The quantitative estimate of drug-likeness (QED) is 0.726. The number of nitrogens with zero attached hydrogens (tertiary/aromatic N) is 1. The van der Waals surface area contributed by atoms with Gasteiger partial charge in [-0.25, -0.2) is 8.42 Å². The molecular weight excluding hydrogens is 410 g/mol. The van der Waals surface area contributed by atoms with Crippen molar-refractivity contribution in [2.75, 3.05) is 35.5 Å². The summed E-state index contributed by atoms with van der Waals surface area (Å²) in [4.78, 5) is 14.9. The lowest BCUT2D eigenvalue weighted by atomic mass is 10.1. The molecule has 1 atom stereocenters. The zero-order valence-corrected chi connectivity index (χ0v) is 18.4. The third kappa shape index (κ3) is 5.64. The molecular formula is C21H26ClN3O3S. The minimum absolute atomic E-state index is 0.209. The Morgan fingerprint density at radius 3 is 2.62 bits per heavy atom. The van der Waals surface area contributed by atoms with Crippen LogP contribution in [0.2, 0.25) is 5.02 Å². The molecule has 0 unspecified atom stereocenters. The van der Waals surface area contributed by atoms with E-state index in [0.717, 1.165) is 42.0 Å². The Bertz CT molecular complexity index is 1020. The normalized spacial score (nSPS) is 16.7. The SMILES string of the molecule is Cc1ccc(C(=O)NC[C@H]2CCN(c3cc(Cl)ccc3C)C2)cc1NS(C)(=O)=O. The fourth-order valence-electron chi connectivity index (χ4n) is 3.55. The van der Waals surface area contributed by atoms with Crippen LogP contribution in [0.4, 0.5) is 11.4 Å². The van der Waals surface area contributed by atoms with Crippen molar-refractivity contribution in [1.29, 1.82) is 0 Å². The maximum absolute atomic E-state index is 12.6. The van der Waals surface area contributed by atoms with E-state index in [-0.39, 0.29) is 5.91 Å². The Kier molecular flexibility index (Phi) is 6.39. The predicted molar refractivity (Wildman–Crippen MR) is 118 cm³/mol. The van der Waals surface area contributed by atoms with E-state index in [4.69, 9.17) is 11.6 Å². The number of rotatable bonds is 6. The molecule has 1 saturated heterocycles. The fraction of sp³-hybridized carbons (Fsp3) is 0.381.